The number of carbonyl (C=O) groups is 1. The van der Waals surface area contributed by atoms with Crippen molar-refractivity contribution in [3.63, 3.8) is 0 Å². The number of rotatable bonds is 7. The number of carbonyl (C=O) groups excluding carboxylic acids is 1. The summed E-state index contributed by atoms with van der Waals surface area (Å²) >= 11 is 0. The van der Waals surface area contributed by atoms with E-state index in [-0.39, 0.29) is 12.1 Å². The lowest BCUT2D eigenvalue weighted by atomic mass is 10.0. The van der Waals surface area contributed by atoms with Crippen molar-refractivity contribution in [3.05, 3.63) is 59.7 Å². The van der Waals surface area contributed by atoms with E-state index in [0.29, 0.717) is 13.1 Å². The van der Waals surface area contributed by atoms with Crippen LogP contribution in [0.5, 0.6) is 11.5 Å². The van der Waals surface area contributed by atoms with Gasteiger partial charge < -0.3 is 14.4 Å². The van der Waals surface area contributed by atoms with E-state index in [2.05, 4.69) is 12.1 Å². The molecule has 2 N–H and O–H groups in total. The van der Waals surface area contributed by atoms with Crippen LogP contribution in [0.15, 0.2) is 48.5 Å². The molecule has 1 aliphatic heterocycles. The first kappa shape index (κ1) is 18.1. The second kappa shape index (κ2) is 8.10. The first-order valence-electron chi connectivity index (χ1n) is 8.72. The Hall–Kier alpha value is -2.73. The van der Waals surface area contributed by atoms with Gasteiger partial charge in [-0.15, -0.1) is 0 Å². The van der Waals surface area contributed by atoms with Gasteiger partial charge in [-0.3, -0.25) is 5.01 Å². The minimum atomic E-state index is -0.143. The van der Waals surface area contributed by atoms with E-state index in [1.54, 1.807) is 14.2 Å². The number of hydrogen-bond acceptors (Lipinski definition) is 4. The van der Waals surface area contributed by atoms with Crippen LogP contribution in [-0.4, -0.2) is 43.2 Å². The molecular weight excluding hydrogens is 330 g/mol. The molecule has 2 amide bonds. The molecule has 0 aliphatic carbocycles. The number of aryl methyl sites for hydroxylation is 1. The third-order valence-corrected chi connectivity index (χ3v) is 4.76. The molecule has 1 atom stereocenters. The van der Waals surface area contributed by atoms with E-state index in [1.807, 2.05) is 41.3 Å². The fraction of sp³-hybridized carbons (Fsp3) is 0.350. The molecule has 1 aliphatic rings. The largest absolute Gasteiger partial charge is 0.497 e. The van der Waals surface area contributed by atoms with Crippen LogP contribution in [0, 0.1) is 0 Å². The summed E-state index contributed by atoms with van der Waals surface area (Å²) < 4.78 is 10.6. The molecule has 0 spiro atoms. The monoisotopic (exact) mass is 355 g/mol. The molecule has 1 unspecified atom stereocenters. The van der Waals surface area contributed by atoms with Crippen LogP contribution in [-0.2, 0) is 6.42 Å². The Balaban J connectivity index is 1.68. The average molecular weight is 355 g/mol. The standard InChI is InChI=1S/C20H25N3O3/c1-25-16-11-9-15(10-12-16)6-5-13-22-18(14-23(21)20(22)24)17-7-3-4-8-19(17)26-2/h3-4,7-12,18H,5-6,13-14,21H2,1-2H3. The van der Waals surface area contributed by atoms with Crippen LogP contribution in [0.3, 0.4) is 0 Å². The Bertz CT molecular complexity index is 748. The zero-order chi connectivity index (χ0) is 18.5. The van der Waals surface area contributed by atoms with Crippen LogP contribution >= 0.6 is 0 Å². The van der Waals surface area contributed by atoms with Gasteiger partial charge >= 0.3 is 6.03 Å². The van der Waals surface area contributed by atoms with Gasteiger partial charge in [0.1, 0.15) is 11.5 Å². The van der Waals surface area contributed by atoms with Gasteiger partial charge in [-0.25, -0.2) is 10.6 Å². The predicted molar refractivity (Wildman–Crippen MR) is 100 cm³/mol. The summed E-state index contributed by atoms with van der Waals surface area (Å²) in [6, 6.07) is 15.6. The molecule has 1 heterocycles. The molecule has 0 bridgehead atoms. The normalized spacial score (nSPS) is 16.9. The summed E-state index contributed by atoms with van der Waals surface area (Å²) in [6.45, 7) is 1.10. The molecule has 6 heteroatoms. The van der Waals surface area contributed by atoms with Crippen LogP contribution in [0.2, 0.25) is 0 Å². The quantitative estimate of drug-likeness (QED) is 0.612. The number of methoxy groups -OCH3 is 2. The molecule has 0 saturated carbocycles. The number of nitrogens with zero attached hydrogens (tertiary/aromatic N) is 2. The van der Waals surface area contributed by atoms with Crippen LogP contribution < -0.4 is 15.3 Å². The topological polar surface area (TPSA) is 68.0 Å². The minimum Gasteiger partial charge on any atom is -0.497 e. The third kappa shape index (κ3) is 3.75. The fourth-order valence-electron chi connectivity index (χ4n) is 3.37. The Labute approximate surface area is 154 Å². The number of hydrogen-bond donors (Lipinski definition) is 1. The predicted octanol–water partition coefficient (Wildman–Crippen LogP) is 2.99. The smallest absolute Gasteiger partial charge is 0.334 e. The summed E-state index contributed by atoms with van der Waals surface area (Å²) in [5.74, 6) is 7.51. The Morgan fingerprint density at radius 3 is 2.50 bits per heavy atom. The second-order valence-electron chi connectivity index (χ2n) is 6.34. The summed E-state index contributed by atoms with van der Waals surface area (Å²) in [7, 11) is 3.30. The summed E-state index contributed by atoms with van der Waals surface area (Å²) in [6.07, 6.45) is 1.74. The fourth-order valence-corrected chi connectivity index (χ4v) is 3.37. The van der Waals surface area contributed by atoms with E-state index in [0.717, 1.165) is 29.9 Å². The number of urea groups is 1. The van der Waals surface area contributed by atoms with Crippen molar-refractivity contribution < 1.29 is 14.3 Å². The molecule has 2 aromatic rings. The van der Waals surface area contributed by atoms with E-state index in [9.17, 15) is 4.79 Å². The van der Waals surface area contributed by atoms with Gasteiger partial charge in [-0.2, -0.15) is 0 Å². The first-order chi connectivity index (χ1) is 12.6. The number of benzene rings is 2. The highest BCUT2D eigenvalue weighted by Crippen LogP contribution is 2.34. The maximum absolute atomic E-state index is 12.5. The van der Waals surface area contributed by atoms with Crippen molar-refractivity contribution >= 4 is 6.03 Å². The number of amides is 2. The van der Waals surface area contributed by atoms with Gasteiger partial charge in [-0.05, 0) is 36.6 Å². The molecule has 6 nitrogen and oxygen atoms in total. The van der Waals surface area contributed by atoms with E-state index >= 15 is 0 Å². The highest BCUT2D eigenvalue weighted by Gasteiger charge is 2.37. The molecule has 26 heavy (non-hydrogen) atoms. The first-order valence-corrected chi connectivity index (χ1v) is 8.72. The second-order valence-corrected chi connectivity index (χ2v) is 6.34. The third-order valence-electron chi connectivity index (χ3n) is 4.76. The Kier molecular flexibility index (Phi) is 5.63. The van der Waals surface area contributed by atoms with Gasteiger partial charge in [0.05, 0.1) is 26.8 Å². The Morgan fingerprint density at radius 1 is 1.08 bits per heavy atom. The molecule has 1 fully saturated rings. The molecule has 138 valence electrons. The van der Waals surface area contributed by atoms with E-state index in [4.69, 9.17) is 15.3 Å². The highest BCUT2D eigenvalue weighted by molar-refractivity contribution is 5.77. The summed E-state index contributed by atoms with van der Waals surface area (Å²) in [5, 5.41) is 1.28. The lowest BCUT2D eigenvalue weighted by molar-refractivity contribution is 0.186. The number of para-hydroxylation sites is 1. The van der Waals surface area contributed by atoms with Gasteiger partial charge in [0.2, 0.25) is 0 Å². The molecule has 1 saturated heterocycles. The number of hydrazine groups is 1. The molecule has 2 aromatic carbocycles. The lowest BCUT2D eigenvalue weighted by Crippen LogP contribution is -2.37. The van der Waals surface area contributed by atoms with Crippen molar-refractivity contribution in [3.8, 4) is 11.5 Å². The SMILES string of the molecule is COc1ccc(CCCN2C(=O)N(N)CC2c2ccccc2OC)cc1. The molecule has 3 rings (SSSR count). The molecule has 0 aromatic heterocycles. The van der Waals surface area contributed by atoms with Crippen LogP contribution in [0.25, 0.3) is 0 Å². The molecular formula is C20H25N3O3. The maximum Gasteiger partial charge on any atom is 0.334 e. The van der Waals surface area contributed by atoms with Crippen molar-refractivity contribution in [2.24, 2.45) is 5.84 Å². The van der Waals surface area contributed by atoms with Crippen molar-refractivity contribution in [2.45, 2.75) is 18.9 Å². The van der Waals surface area contributed by atoms with Crippen molar-refractivity contribution in [2.75, 3.05) is 27.3 Å². The van der Waals surface area contributed by atoms with Gasteiger partial charge in [0.15, 0.2) is 0 Å². The summed E-state index contributed by atoms with van der Waals surface area (Å²) in [4.78, 5) is 14.3. The zero-order valence-electron chi connectivity index (χ0n) is 15.2. The number of nitrogens with two attached hydrogens (primary N) is 1. The van der Waals surface area contributed by atoms with Gasteiger partial charge in [0, 0.05) is 12.1 Å². The lowest BCUT2D eigenvalue weighted by Gasteiger charge is -2.24. The van der Waals surface area contributed by atoms with Crippen LogP contribution in [0.4, 0.5) is 4.79 Å². The van der Waals surface area contributed by atoms with Crippen molar-refractivity contribution in [1.29, 1.82) is 0 Å². The van der Waals surface area contributed by atoms with E-state index < -0.39 is 0 Å². The van der Waals surface area contributed by atoms with Gasteiger partial charge in [-0.1, -0.05) is 30.3 Å². The number of ether oxygens (including phenoxy) is 2. The minimum absolute atomic E-state index is 0.0977. The van der Waals surface area contributed by atoms with E-state index in [1.165, 1.54) is 10.6 Å². The van der Waals surface area contributed by atoms with Gasteiger partial charge in [0.25, 0.3) is 0 Å². The highest BCUT2D eigenvalue weighted by atomic mass is 16.5. The molecule has 0 radical (unpaired) electrons. The van der Waals surface area contributed by atoms with Crippen LogP contribution in [0.1, 0.15) is 23.6 Å². The Morgan fingerprint density at radius 2 is 1.81 bits per heavy atom. The maximum atomic E-state index is 12.5. The average Bonchev–Trinajstić information content (AvgIpc) is 2.96. The summed E-state index contributed by atoms with van der Waals surface area (Å²) in [5.41, 5.74) is 2.21. The zero-order valence-corrected chi connectivity index (χ0v) is 15.2. The van der Waals surface area contributed by atoms with Crippen molar-refractivity contribution in [1.82, 2.24) is 9.91 Å².